The summed E-state index contributed by atoms with van der Waals surface area (Å²) in [4.78, 5) is 25.9. The smallest absolute Gasteiger partial charge is 0.337 e. The maximum absolute atomic E-state index is 12.2. The summed E-state index contributed by atoms with van der Waals surface area (Å²) in [6.07, 6.45) is 4.58. The first-order valence-corrected chi connectivity index (χ1v) is 8.93. The Morgan fingerprint density at radius 2 is 1.88 bits per heavy atom. The molecular formula is C19H19N3O3S. The molecular weight excluding hydrogens is 350 g/mol. The van der Waals surface area contributed by atoms with Crippen LogP contribution in [0.25, 0.3) is 10.4 Å². The molecule has 0 saturated carbocycles. The van der Waals surface area contributed by atoms with Crippen LogP contribution in [0, 0.1) is 0 Å². The molecule has 3 aromatic rings. The minimum atomic E-state index is -0.418. The van der Waals surface area contributed by atoms with Crippen molar-refractivity contribution >= 4 is 23.2 Å². The van der Waals surface area contributed by atoms with E-state index in [2.05, 4.69) is 27.3 Å². The summed E-state index contributed by atoms with van der Waals surface area (Å²) >= 11 is 1.70. The summed E-state index contributed by atoms with van der Waals surface area (Å²) in [6, 6.07) is 10.6. The first-order valence-electron chi connectivity index (χ1n) is 8.11. The van der Waals surface area contributed by atoms with E-state index in [1.165, 1.54) is 12.0 Å². The molecule has 0 saturated heterocycles. The number of esters is 1. The van der Waals surface area contributed by atoms with Gasteiger partial charge in [0, 0.05) is 40.7 Å². The Balaban J connectivity index is 1.52. The van der Waals surface area contributed by atoms with Gasteiger partial charge < -0.3 is 10.1 Å². The van der Waals surface area contributed by atoms with E-state index in [1.54, 1.807) is 40.3 Å². The predicted molar refractivity (Wildman–Crippen MR) is 100 cm³/mol. The Morgan fingerprint density at radius 1 is 1.15 bits per heavy atom. The maximum Gasteiger partial charge on any atom is 0.337 e. The van der Waals surface area contributed by atoms with Gasteiger partial charge in [-0.2, -0.15) is 5.10 Å². The number of ether oxygens (including phenoxy) is 1. The van der Waals surface area contributed by atoms with Crippen LogP contribution < -0.4 is 5.32 Å². The fourth-order valence-corrected chi connectivity index (χ4v) is 3.47. The Morgan fingerprint density at radius 3 is 2.54 bits per heavy atom. The third kappa shape index (κ3) is 4.18. The van der Waals surface area contributed by atoms with E-state index in [0.29, 0.717) is 17.7 Å². The fourth-order valence-electron chi connectivity index (χ4n) is 2.49. The molecule has 2 aromatic heterocycles. The van der Waals surface area contributed by atoms with Crippen molar-refractivity contribution in [2.75, 3.05) is 13.7 Å². The number of aryl methyl sites for hydroxylation is 1. The molecule has 6 nitrogen and oxygen atoms in total. The highest BCUT2D eigenvalue weighted by atomic mass is 32.1. The van der Waals surface area contributed by atoms with Gasteiger partial charge in [0.1, 0.15) is 0 Å². The highest BCUT2D eigenvalue weighted by Gasteiger charge is 2.09. The van der Waals surface area contributed by atoms with Gasteiger partial charge in [-0.15, -0.1) is 11.3 Å². The number of nitrogens with zero attached hydrogens (tertiary/aromatic N) is 2. The Bertz CT molecular complexity index is 912. The third-order valence-electron chi connectivity index (χ3n) is 3.88. The molecule has 0 atom stereocenters. The molecule has 0 aliphatic carbocycles. The maximum atomic E-state index is 12.2. The lowest BCUT2D eigenvalue weighted by atomic mass is 10.1. The molecule has 134 valence electrons. The molecule has 0 radical (unpaired) electrons. The van der Waals surface area contributed by atoms with E-state index in [0.717, 1.165) is 16.9 Å². The van der Waals surface area contributed by atoms with Gasteiger partial charge in [0.25, 0.3) is 5.91 Å². The van der Waals surface area contributed by atoms with E-state index < -0.39 is 5.97 Å². The van der Waals surface area contributed by atoms with Crippen LogP contribution in [0.4, 0.5) is 0 Å². The van der Waals surface area contributed by atoms with Gasteiger partial charge in [-0.1, -0.05) is 0 Å². The molecule has 0 fully saturated rings. The summed E-state index contributed by atoms with van der Waals surface area (Å²) in [5.74, 6) is -0.579. The van der Waals surface area contributed by atoms with Crippen LogP contribution in [-0.4, -0.2) is 35.3 Å². The second-order valence-corrected chi connectivity index (χ2v) is 6.91. The lowest BCUT2D eigenvalue weighted by Crippen LogP contribution is -2.25. The molecule has 1 amide bonds. The van der Waals surface area contributed by atoms with Crippen LogP contribution in [0.15, 0.2) is 48.8 Å². The summed E-state index contributed by atoms with van der Waals surface area (Å²) in [5, 5.41) is 7.08. The molecule has 1 N–H and O–H groups in total. The first kappa shape index (κ1) is 17.9. The third-order valence-corrected chi connectivity index (χ3v) is 5.07. The van der Waals surface area contributed by atoms with Crippen molar-refractivity contribution in [3.63, 3.8) is 0 Å². The zero-order valence-corrected chi connectivity index (χ0v) is 15.4. The number of hydrogen-bond donors (Lipinski definition) is 1. The van der Waals surface area contributed by atoms with Crippen molar-refractivity contribution in [2.24, 2.45) is 7.05 Å². The van der Waals surface area contributed by atoms with E-state index in [4.69, 9.17) is 0 Å². The van der Waals surface area contributed by atoms with Crippen molar-refractivity contribution in [1.29, 1.82) is 0 Å². The first-order chi connectivity index (χ1) is 12.6. The Labute approximate surface area is 155 Å². The van der Waals surface area contributed by atoms with Gasteiger partial charge in [-0.05, 0) is 42.8 Å². The molecule has 26 heavy (non-hydrogen) atoms. The fraction of sp³-hybridized carbons (Fsp3) is 0.211. The van der Waals surface area contributed by atoms with Gasteiger partial charge in [0.15, 0.2) is 0 Å². The average Bonchev–Trinajstić information content (AvgIpc) is 3.30. The van der Waals surface area contributed by atoms with Gasteiger partial charge >= 0.3 is 5.97 Å². The quantitative estimate of drug-likeness (QED) is 0.678. The van der Waals surface area contributed by atoms with Gasteiger partial charge in [0.05, 0.1) is 18.9 Å². The second kappa shape index (κ2) is 7.97. The van der Waals surface area contributed by atoms with Crippen LogP contribution in [-0.2, 0) is 18.2 Å². The van der Waals surface area contributed by atoms with Crippen molar-refractivity contribution in [3.8, 4) is 10.4 Å². The van der Waals surface area contributed by atoms with Gasteiger partial charge in [-0.25, -0.2) is 4.79 Å². The predicted octanol–water partition coefficient (Wildman–Crippen LogP) is 2.91. The SMILES string of the molecule is COC(=O)c1ccc(C(=O)NCCc2ccc(-c3cnn(C)c3)s2)cc1. The Hall–Kier alpha value is -2.93. The van der Waals surface area contributed by atoms with Gasteiger partial charge in [0.2, 0.25) is 0 Å². The van der Waals surface area contributed by atoms with E-state index in [1.807, 2.05) is 19.4 Å². The molecule has 7 heteroatoms. The second-order valence-electron chi connectivity index (χ2n) is 5.74. The number of thiophene rings is 1. The molecule has 3 rings (SSSR count). The zero-order valence-electron chi connectivity index (χ0n) is 14.6. The zero-order chi connectivity index (χ0) is 18.5. The topological polar surface area (TPSA) is 73.2 Å². The van der Waals surface area contributed by atoms with E-state index >= 15 is 0 Å². The monoisotopic (exact) mass is 369 g/mol. The van der Waals surface area contributed by atoms with Crippen LogP contribution in [0.2, 0.25) is 0 Å². The molecule has 0 unspecified atom stereocenters. The van der Waals surface area contributed by atoms with Crippen LogP contribution in [0.3, 0.4) is 0 Å². The van der Waals surface area contributed by atoms with Crippen molar-refractivity contribution in [3.05, 3.63) is 64.8 Å². The van der Waals surface area contributed by atoms with Gasteiger partial charge in [-0.3, -0.25) is 9.48 Å². The number of amides is 1. The molecule has 0 spiro atoms. The number of carbonyl (C=O) groups is 2. The molecule has 0 aliphatic rings. The van der Waals surface area contributed by atoms with E-state index in [-0.39, 0.29) is 5.91 Å². The molecule has 0 aliphatic heterocycles. The van der Waals surface area contributed by atoms with Crippen molar-refractivity contribution in [1.82, 2.24) is 15.1 Å². The highest BCUT2D eigenvalue weighted by molar-refractivity contribution is 7.15. The number of nitrogens with one attached hydrogen (secondary N) is 1. The molecule has 2 heterocycles. The number of aromatic nitrogens is 2. The van der Waals surface area contributed by atoms with Crippen LogP contribution in [0.5, 0.6) is 0 Å². The number of benzene rings is 1. The van der Waals surface area contributed by atoms with Crippen LogP contribution in [0.1, 0.15) is 25.6 Å². The largest absolute Gasteiger partial charge is 0.465 e. The number of methoxy groups -OCH3 is 1. The number of rotatable bonds is 6. The van der Waals surface area contributed by atoms with Crippen LogP contribution >= 0.6 is 11.3 Å². The summed E-state index contributed by atoms with van der Waals surface area (Å²) in [7, 11) is 3.22. The lowest BCUT2D eigenvalue weighted by Gasteiger charge is -2.05. The standard InChI is InChI=1S/C19H19N3O3S/c1-22-12-15(11-21-22)17-8-7-16(26-17)9-10-20-18(23)13-3-5-14(6-4-13)19(24)25-2/h3-8,11-12H,9-10H2,1-2H3,(H,20,23). The summed E-state index contributed by atoms with van der Waals surface area (Å²) in [6.45, 7) is 0.546. The molecule has 1 aromatic carbocycles. The number of hydrogen-bond acceptors (Lipinski definition) is 5. The van der Waals surface area contributed by atoms with Crippen molar-refractivity contribution in [2.45, 2.75) is 6.42 Å². The number of carbonyl (C=O) groups excluding carboxylic acids is 2. The highest BCUT2D eigenvalue weighted by Crippen LogP contribution is 2.27. The summed E-state index contributed by atoms with van der Waals surface area (Å²) < 4.78 is 6.42. The minimum absolute atomic E-state index is 0.162. The Kier molecular flexibility index (Phi) is 5.48. The summed E-state index contributed by atoms with van der Waals surface area (Å²) in [5.41, 5.74) is 2.03. The lowest BCUT2D eigenvalue weighted by molar-refractivity contribution is 0.0600. The average molecular weight is 369 g/mol. The van der Waals surface area contributed by atoms with Crippen molar-refractivity contribution < 1.29 is 14.3 Å². The minimum Gasteiger partial charge on any atom is -0.465 e. The molecule has 0 bridgehead atoms. The normalized spacial score (nSPS) is 10.5. The van der Waals surface area contributed by atoms with E-state index in [9.17, 15) is 9.59 Å².